The number of hydrogen-bond acceptors (Lipinski definition) is 8. The number of nitrogens with one attached hydrogen (secondary N) is 2. The van der Waals surface area contributed by atoms with Gasteiger partial charge in [0.05, 0.1) is 29.3 Å². The number of sulfonamides is 1. The second-order valence-corrected chi connectivity index (χ2v) is 11.9. The molecule has 1 aromatic heterocycles. The third-order valence-corrected chi connectivity index (χ3v) is 8.29. The molecule has 0 radical (unpaired) electrons. The first-order chi connectivity index (χ1) is 18.1. The molecule has 2 aromatic carbocycles. The molecule has 1 aliphatic heterocycles. The summed E-state index contributed by atoms with van der Waals surface area (Å²) in [7, 11) is -2.26. The number of aromatic nitrogens is 2. The third-order valence-electron chi connectivity index (χ3n) is 6.09. The zero-order valence-electron chi connectivity index (χ0n) is 21.2. The number of methoxy groups -OCH3 is 1. The van der Waals surface area contributed by atoms with Crippen LogP contribution in [-0.2, 0) is 21.4 Å². The van der Waals surface area contributed by atoms with Crippen molar-refractivity contribution in [1.82, 2.24) is 19.8 Å². The Morgan fingerprint density at radius 2 is 1.92 bits per heavy atom. The van der Waals surface area contributed by atoms with Crippen LogP contribution in [0.15, 0.2) is 45.8 Å². The van der Waals surface area contributed by atoms with E-state index in [2.05, 4.69) is 25.1 Å². The number of halogens is 2. The Hall–Kier alpha value is -2.70. The van der Waals surface area contributed by atoms with Gasteiger partial charge in [0.2, 0.25) is 27.6 Å². The normalized spacial score (nSPS) is 15.1. The zero-order valence-corrected chi connectivity index (χ0v) is 23.5. The van der Waals surface area contributed by atoms with Crippen molar-refractivity contribution < 1.29 is 22.5 Å². The summed E-state index contributed by atoms with van der Waals surface area (Å²) in [5.74, 6) is 0.791. The highest BCUT2D eigenvalue weighted by atomic mass is 35.5. The number of rotatable bonds is 9. The van der Waals surface area contributed by atoms with Crippen LogP contribution in [-0.4, -0.2) is 55.6 Å². The molecule has 2 N–H and O–H groups in total. The van der Waals surface area contributed by atoms with Crippen molar-refractivity contribution in [2.45, 2.75) is 44.2 Å². The topological polar surface area (TPSA) is 127 Å². The highest BCUT2D eigenvalue weighted by Crippen LogP contribution is 2.31. The maximum Gasteiger partial charge on any atom is 0.241 e. The van der Waals surface area contributed by atoms with Gasteiger partial charge in [-0.1, -0.05) is 28.4 Å². The van der Waals surface area contributed by atoms with Crippen molar-refractivity contribution in [3.63, 3.8) is 0 Å². The highest BCUT2D eigenvalue weighted by Gasteiger charge is 2.27. The van der Waals surface area contributed by atoms with Gasteiger partial charge in [0.15, 0.2) is 0 Å². The Morgan fingerprint density at radius 1 is 1.18 bits per heavy atom. The molecule has 4 rings (SSSR count). The van der Waals surface area contributed by atoms with Gasteiger partial charge >= 0.3 is 0 Å². The Bertz CT molecular complexity index is 1400. The van der Waals surface area contributed by atoms with Gasteiger partial charge in [0, 0.05) is 22.5 Å². The fraction of sp³-hybridized carbons (Fsp3) is 0.400. The van der Waals surface area contributed by atoms with E-state index in [9.17, 15) is 13.2 Å². The SMILES string of the molecule is COc1ccc(S(=O)(=O)NC(C)C)cc1NC(=O)C1CCN(Cc2nc(-c3ccc(Cl)cc3Cl)no2)CC1. The molecule has 10 nitrogen and oxygen atoms in total. The number of piperidine rings is 1. The predicted octanol–water partition coefficient (Wildman–Crippen LogP) is 4.59. The van der Waals surface area contributed by atoms with Gasteiger partial charge in [-0.3, -0.25) is 9.69 Å². The quantitative estimate of drug-likeness (QED) is 0.375. The first kappa shape index (κ1) is 28.3. The lowest BCUT2D eigenvalue weighted by atomic mass is 9.96. The number of carbonyl (C=O) groups excluding carboxylic acids is 1. The molecule has 0 unspecified atom stereocenters. The van der Waals surface area contributed by atoms with Crippen LogP contribution >= 0.6 is 23.2 Å². The van der Waals surface area contributed by atoms with Crippen LogP contribution in [0.5, 0.6) is 5.75 Å². The number of hydrogen-bond donors (Lipinski definition) is 2. The van der Waals surface area contributed by atoms with Crippen LogP contribution in [0.25, 0.3) is 11.4 Å². The van der Waals surface area contributed by atoms with E-state index < -0.39 is 10.0 Å². The summed E-state index contributed by atoms with van der Waals surface area (Å²) in [5.41, 5.74) is 0.944. The van der Waals surface area contributed by atoms with Crippen LogP contribution in [0.3, 0.4) is 0 Å². The van der Waals surface area contributed by atoms with E-state index in [4.69, 9.17) is 32.5 Å². The summed E-state index contributed by atoms with van der Waals surface area (Å²) >= 11 is 12.2. The minimum atomic E-state index is -3.72. The summed E-state index contributed by atoms with van der Waals surface area (Å²) in [4.78, 5) is 19.7. The molecule has 1 amide bonds. The lowest BCUT2D eigenvalue weighted by Crippen LogP contribution is -2.38. The van der Waals surface area contributed by atoms with Crippen LogP contribution in [0.1, 0.15) is 32.6 Å². The van der Waals surface area contributed by atoms with Crippen LogP contribution in [0.2, 0.25) is 10.0 Å². The average molecular weight is 583 g/mol. The summed E-state index contributed by atoms with van der Waals surface area (Å²) in [5, 5.41) is 7.84. The van der Waals surface area contributed by atoms with E-state index in [0.29, 0.717) is 71.2 Å². The summed E-state index contributed by atoms with van der Waals surface area (Å²) in [6.45, 7) is 5.23. The Morgan fingerprint density at radius 3 is 2.58 bits per heavy atom. The fourth-order valence-electron chi connectivity index (χ4n) is 4.21. The van der Waals surface area contributed by atoms with Gasteiger partial charge in [-0.2, -0.15) is 4.98 Å². The number of ether oxygens (including phenoxy) is 1. The molecule has 1 saturated heterocycles. The molecule has 0 spiro atoms. The Balaban J connectivity index is 1.35. The number of nitrogens with zero attached hydrogens (tertiary/aromatic N) is 3. The van der Waals surface area contributed by atoms with E-state index in [0.717, 1.165) is 0 Å². The minimum Gasteiger partial charge on any atom is -0.495 e. The molecule has 3 aromatic rings. The predicted molar refractivity (Wildman–Crippen MR) is 145 cm³/mol. The maximum absolute atomic E-state index is 13.0. The number of anilines is 1. The van der Waals surface area contributed by atoms with Gasteiger partial charge in [-0.05, 0) is 76.2 Å². The van der Waals surface area contributed by atoms with Crippen molar-refractivity contribution in [3.05, 3.63) is 52.3 Å². The van der Waals surface area contributed by atoms with Crippen molar-refractivity contribution in [1.29, 1.82) is 0 Å². The molecule has 204 valence electrons. The standard InChI is InChI=1S/C25H29Cl2N5O5S/c1-15(2)31-38(34,35)18-5-7-22(36-3)21(13-18)28-25(33)16-8-10-32(11-9-16)14-23-29-24(30-37-23)19-6-4-17(26)12-20(19)27/h4-7,12-13,15-16,31H,8-11,14H2,1-3H3,(H,28,33). The lowest BCUT2D eigenvalue weighted by Gasteiger charge is -2.30. The van der Waals surface area contributed by atoms with E-state index in [-0.39, 0.29) is 22.8 Å². The van der Waals surface area contributed by atoms with Gasteiger partial charge in [-0.25, -0.2) is 13.1 Å². The largest absolute Gasteiger partial charge is 0.495 e. The molecule has 0 bridgehead atoms. The fourth-order valence-corrected chi connectivity index (χ4v) is 5.98. The van der Waals surface area contributed by atoms with Crippen LogP contribution in [0.4, 0.5) is 5.69 Å². The van der Waals surface area contributed by atoms with Crippen LogP contribution < -0.4 is 14.8 Å². The molecular formula is C25H29Cl2N5O5S. The Kier molecular flexibility index (Phi) is 8.94. The number of benzene rings is 2. The summed E-state index contributed by atoms with van der Waals surface area (Å²) < 4.78 is 38.4. The third kappa shape index (κ3) is 6.83. The summed E-state index contributed by atoms with van der Waals surface area (Å²) in [6, 6.07) is 9.20. The molecule has 13 heteroatoms. The first-order valence-corrected chi connectivity index (χ1v) is 14.3. The zero-order chi connectivity index (χ0) is 27.4. The van der Waals surface area contributed by atoms with Gasteiger partial charge in [0.1, 0.15) is 5.75 Å². The van der Waals surface area contributed by atoms with E-state index in [1.807, 2.05) is 0 Å². The molecule has 0 atom stereocenters. The second-order valence-electron chi connectivity index (χ2n) is 9.31. The maximum atomic E-state index is 13.0. The molecule has 2 heterocycles. The Labute approximate surface area is 231 Å². The molecule has 0 saturated carbocycles. The first-order valence-electron chi connectivity index (χ1n) is 12.1. The number of carbonyl (C=O) groups is 1. The van der Waals surface area contributed by atoms with Crippen LogP contribution in [0, 0.1) is 5.92 Å². The monoisotopic (exact) mass is 581 g/mol. The van der Waals surface area contributed by atoms with E-state index in [1.54, 1.807) is 32.0 Å². The van der Waals surface area contributed by atoms with Crippen molar-refractivity contribution >= 4 is 44.8 Å². The molecular weight excluding hydrogens is 553 g/mol. The smallest absolute Gasteiger partial charge is 0.241 e. The average Bonchev–Trinajstić information content (AvgIpc) is 3.31. The lowest BCUT2D eigenvalue weighted by molar-refractivity contribution is -0.121. The van der Waals surface area contributed by atoms with Crippen molar-refractivity contribution in [2.24, 2.45) is 5.92 Å². The van der Waals surface area contributed by atoms with Crippen molar-refractivity contribution in [3.8, 4) is 17.1 Å². The van der Waals surface area contributed by atoms with E-state index in [1.165, 1.54) is 25.3 Å². The molecule has 38 heavy (non-hydrogen) atoms. The molecule has 1 aliphatic rings. The minimum absolute atomic E-state index is 0.0518. The van der Waals surface area contributed by atoms with Crippen molar-refractivity contribution in [2.75, 3.05) is 25.5 Å². The van der Waals surface area contributed by atoms with Gasteiger partial charge in [0.25, 0.3) is 0 Å². The van der Waals surface area contributed by atoms with Gasteiger partial charge < -0.3 is 14.6 Å². The van der Waals surface area contributed by atoms with Gasteiger partial charge in [-0.15, -0.1) is 0 Å². The number of amides is 1. The second kappa shape index (κ2) is 12.0. The molecule has 1 fully saturated rings. The highest BCUT2D eigenvalue weighted by molar-refractivity contribution is 7.89. The summed E-state index contributed by atoms with van der Waals surface area (Å²) in [6.07, 6.45) is 1.23. The van der Waals surface area contributed by atoms with E-state index >= 15 is 0 Å². The number of likely N-dealkylation sites (tertiary alicyclic amines) is 1. The molecule has 0 aliphatic carbocycles.